The van der Waals surface area contributed by atoms with Crippen LogP contribution < -0.4 is 10.6 Å². The number of carbonyl (C=O) groups is 1. The SMILES string of the molecule is O=C(Nc1nccnn1)C1CNc2ccccc21. The first-order valence-electron chi connectivity index (χ1n) is 5.62. The van der Waals surface area contributed by atoms with Gasteiger partial charge in [-0.25, -0.2) is 4.98 Å². The topological polar surface area (TPSA) is 79.8 Å². The van der Waals surface area contributed by atoms with Crippen molar-refractivity contribution in [1.82, 2.24) is 15.2 Å². The molecule has 0 saturated heterocycles. The minimum Gasteiger partial charge on any atom is -0.384 e. The normalized spacial score (nSPS) is 16.8. The van der Waals surface area contributed by atoms with Crippen molar-refractivity contribution in [3.05, 3.63) is 42.2 Å². The molecule has 1 atom stereocenters. The number of carbonyl (C=O) groups excluding carboxylic acids is 1. The lowest BCUT2D eigenvalue weighted by Gasteiger charge is -2.09. The van der Waals surface area contributed by atoms with E-state index in [2.05, 4.69) is 25.8 Å². The molecule has 1 aliphatic heterocycles. The van der Waals surface area contributed by atoms with Crippen LogP contribution in [0.2, 0.25) is 0 Å². The summed E-state index contributed by atoms with van der Waals surface area (Å²) >= 11 is 0. The molecule has 2 aromatic rings. The smallest absolute Gasteiger partial charge is 0.249 e. The Morgan fingerprint density at radius 3 is 3.06 bits per heavy atom. The average Bonchev–Trinajstić information content (AvgIpc) is 2.84. The summed E-state index contributed by atoms with van der Waals surface area (Å²) in [6.45, 7) is 0.589. The zero-order valence-corrected chi connectivity index (χ0v) is 9.50. The van der Waals surface area contributed by atoms with Gasteiger partial charge in [0.2, 0.25) is 11.9 Å². The van der Waals surface area contributed by atoms with Gasteiger partial charge in [-0.15, -0.1) is 5.10 Å². The first-order valence-corrected chi connectivity index (χ1v) is 5.62. The zero-order valence-electron chi connectivity index (χ0n) is 9.50. The third kappa shape index (κ3) is 1.88. The van der Waals surface area contributed by atoms with Crippen molar-refractivity contribution in [3.8, 4) is 0 Å². The molecule has 18 heavy (non-hydrogen) atoms. The number of nitrogens with zero attached hydrogens (tertiary/aromatic N) is 3. The number of rotatable bonds is 2. The maximum Gasteiger partial charge on any atom is 0.249 e. The lowest BCUT2D eigenvalue weighted by molar-refractivity contribution is -0.117. The van der Waals surface area contributed by atoms with Crippen LogP contribution in [0.25, 0.3) is 0 Å². The van der Waals surface area contributed by atoms with E-state index in [1.165, 1.54) is 12.4 Å². The van der Waals surface area contributed by atoms with E-state index in [9.17, 15) is 4.79 Å². The second-order valence-electron chi connectivity index (χ2n) is 3.98. The van der Waals surface area contributed by atoms with Crippen LogP contribution in [0.3, 0.4) is 0 Å². The Hall–Kier alpha value is -2.50. The molecule has 1 aromatic heterocycles. The molecule has 6 heteroatoms. The molecule has 0 fully saturated rings. The monoisotopic (exact) mass is 241 g/mol. The number of nitrogens with one attached hydrogen (secondary N) is 2. The fourth-order valence-corrected chi connectivity index (χ4v) is 2.02. The summed E-state index contributed by atoms with van der Waals surface area (Å²) in [7, 11) is 0. The number of benzene rings is 1. The predicted molar refractivity (Wildman–Crippen MR) is 66.1 cm³/mol. The molecular formula is C12H11N5O. The van der Waals surface area contributed by atoms with Crippen LogP contribution in [0, 0.1) is 0 Å². The summed E-state index contributed by atoms with van der Waals surface area (Å²) in [4.78, 5) is 16.0. The molecule has 6 nitrogen and oxygen atoms in total. The quantitative estimate of drug-likeness (QED) is 0.820. The van der Waals surface area contributed by atoms with Crippen LogP contribution in [-0.4, -0.2) is 27.6 Å². The van der Waals surface area contributed by atoms with Crippen molar-refractivity contribution < 1.29 is 4.79 Å². The van der Waals surface area contributed by atoms with Gasteiger partial charge < -0.3 is 5.32 Å². The summed E-state index contributed by atoms with van der Waals surface area (Å²) < 4.78 is 0. The highest BCUT2D eigenvalue weighted by molar-refractivity contribution is 5.97. The first kappa shape index (κ1) is 10.6. The maximum atomic E-state index is 12.1. The molecule has 90 valence electrons. The molecular weight excluding hydrogens is 230 g/mol. The highest BCUT2D eigenvalue weighted by atomic mass is 16.2. The summed E-state index contributed by atoms with van der Waals surface area (Å²) in [5.41, 5.74) is 2.00. The van der Waals surface area contributed by atoms with Gasteiger partial charge in [0, 0.05) is 12.2 Å². The summed E-state index contributed by atoms with van der Waals surface area (Å²) in [5.74, 6) is -0.114. The highest BCUT2D eigenvalue weighted by Gasteiger charge is 2.28. The Kier molecular flexibility index (Phi) is 2.60. The fraction of sp³-hybridized carbons (Fsp3) is 0.167. The van der Waals surface area contributed by atoms with Crippen LogP contribution in [0.5, 0.6) is 0 Å². The highest BCUT2D eigenvalue weighted by Crippen LogP contribution is 2.31. The van der Waals surface area contributed by atoms with Crippen molar-refractivity contribution in [2.24, 2.45) is 0 Å². The molecule has 0 aliphatic carbocycles. The number of para-hydroxylation sites is 1. The average molecular weight is 241 g/mol. The van der Waals surface area contributed by atoms with Gasteiger partial charge in [0.05, 0.1) is 18.3 Å². The molecule has 1 unspecified atom stereocenters. The van der Waals surface area contributed by atoms with Crippen molar-refractivity contribution in [2.75, 3.05) is 17.2 Å². The summed E-state index contributed by atoms with van der Waals surface area (Å²) in [5, 5.41) is 13.3. The van der Waals surface area contributed by atoms with Gasteiger partial charge in [0.15, 0.2) is 0 Å². The molecule has 2 N–H and O–H groups in total. The van der Waals surface area contributed by atoms with Gasteiger partial charge in [-0.3, -0.25) is 10.1 Å². The molecule has 0 radical (unpaired) electrons. The molecule has 1 aromatic carbocycles. The molecule has 1 amide bonds. The van der Waals surface area contributed by atoms with Gasteiger partial charge in [0.1, 0.15) is 0 Å². The minimum absolute atomic E-state index is 0.125. The van der Waals surface area contributed by atoms with Crippen molar-refractivity contribution in [1.29, 1.82) is 0 Å². The third-order valence-electron chi connectivity index (χ3n) is 2.87. The van der Waals surface area contributed by atoms with Crippen LogP contribution in [0.1, 0.15) is 11.5 Å². The first-order chi connectivity index (χ1) is 8.84. The van der Waals surface area contributed by atoms with Crippen molar-refractivity contribution in [3.63, 3.8) is 0 Å². The van der Waals surface area contributed by atoms with Gasteiger partial charge >= 0.3 is 0 Å². The Labute approximate surface area is 103 Å². The van der Waals surface area contributed by atoms with E-state index in [-0.39, 0.29) is 17.8 Å². The van der Waals surface area contributed by atoms with E-state index in [1.54, 1.807) is 0 Å². The van der Waals surface area contributed by atoms with E-state index >= 15 is 0 Å². The predicted octanol–water partition coefficient (Wildman–Crippen LogP) is 1.02. The van der Waals surface area contributed by atoms with Gasteiger partial charge in [0.25, 0.3) is 0 Å². The molecule has 0 saturated carbocycles. The number of hydrogen-bond donors (Lipinski definition) is 2. The van der Waals surface area contributed by atoms with Crippen molar-refractivity contribution in [2.45, 2.75) is 5.92 Å². The third-order valence-corrected chi connectivity index (χ3v) is 2.87. The Bertz CT molecular complexity index is 572. The number of amides is 1. The van der Waals surface area contributed by atoms with E-state index in [4.69, 9.17) is 0 Å². The van der Waals surface area contributed by atoms with Gasteiger partial charge in [-0.2, -0.15) is 5.10 Å². The molecule has 0 spiro atoms. The summed E-state index contributed by atoms with van der Waals surface area (Å²) in [6, 6.07) is 7.77. The second kappa shape index (κ2) is 4.40. The standard InChI is InChI=1S/C12H11N5O/c18-11(16-12-13-5-6-15-17-12)9-7-14-10-4-2-1-3-8(9)10/h1-6,9,14H,7H2,(H,13,16,17,18). The molecule has 2 heterocycles. The van der Waals surface area contributed by atoms with E-state index in [0.29, 0.717) is 6.54 Å². The molecule has 1 aliphatic rings. The van der Waals surface area contributed by atoms with Gasteiger partial charge in [-0.1, -0.05) is 18.2 Å². The van der Waals surface area contributed by atoms with E-state index < -0.39 is 0 Å². The fourth-order valence-electron chi connectivity index (χ4n) is 2.02. The molecule has 3 rings (SSSR count). The lowest BCUT2D eigenvalue weighted by Crippen LogP contribution is -2.23. The lowest BCUT2D eigenvalue weighted by atomic mass is 10.0. The number of aromatic nitrogens is 3. The van der Waals surface area contributed by atoms with Gasteiger partial charge in [-0.05, 0) is 11.6 Å². The largest absolute Gasteiger partial charge is 0.384 e. The Balaban J connectivity index is 1.79. The zero-order chi connectivity index (χ0) is 12.4. The second-order valence-corrected chi connectivity index (χ2v) is 3.98. The van der Waals surface area contributed by atoms with E-state index in [0.717, 1.165) is 11.3 Å². The number of hydrogen-bond acceptors (Lipinski definition) is 5. The van der Waals surface area contributed by atoms with Crippen LogP contribution in [0.15, 0.2) is 36.7 Å². The van der Waals surface area contributed by atoms with E-state index in [1.807, 2.05) is 24.3 Å². The Morgan fingerprint density at radius 1 is 1.33 bits per heavy atom. The summed E-state index contributed by atoms with van der Waals surface area (Å²) in [6.07, 6.45) is 2.95. The Morgan fingerprint density at radius 2 is 2.22 bits per heavy atom. The minimum atomic E-state index is -0.218. The maximum absolute atomic E-state index is 12.1. The number of fused-ring (bicyclic) bond motifs is 1. The number of anilines is 2. The van der Waals surface area contributed by atoms with Crippen LogP contribution in [-0.2, 0) is 4.79 Å². The van der Waals surface area contributed by atoms with Crippen LogP contribution in [0.4, 0.5) is 11.6 Å². The van der Waals surface area contributed by atoms with Crippen molar-refractivity contribution >= 4 is 17.5 Å². The van der Waals surface area contributed by atoms with Crippen LogP contribution >= 0.6 is 0 Å². The molecule has 0 bridgehead atoms.